The zero-order valence-corrected chi connectivity index (χ0v) is 13.3. The molecule has 19 heavy (non-hydrogen) atoms. The number of rotatable bonds is 7. The number of hydrogen-bond acceptors (Lipinski definition) is 4. The maximum atomic E-state index is 12.2. The summed E-state index contributed by atoms with van der Waals surface area (Å²) < 4.78 is 27.2. The first-order chi connectivity index (χ1) is 8.86. The van der Waals surface area contributed by atoms with Crippen molar-refractivity contribution in [3.05, 3.63) is 23.8 Å². The first-order valence-corrected chi connectivity index (χ1v) is 8.96. The number of thioether (sulfide) groups is 1. The molecule has 1 atom stereocenters. The van der Waals surface area contributed by atoms with Crippen molar-refractivity contribution in [2.45, 2.75) is 38.1 Å². The van der Waals surface area contributed by atoms with Crippen LogP contribution in [-0.4, -0.2) is 26.0 Å². The summed E-state index contributed by atoms with van der Waals surface area (Å²) in [6.45, 7) is 5.74. The Balaban J connectivity index is 2.75. The summed E-state index contributed by atoms with van der Waals surface area (Å²) in [6.07, 6.45) is 0.825. The quantitative estimate of drug-likeness (QED) is 0.599. The van der Waals surface area contributed by atoms with Crippen LogP contribution in [-0.2, 0) is 10.0 Å². The molecule has 108 valence electrons. The van der Waals surface area contributed by atoms with E-state index in [1.165, 1.54) is 0 Å². The molecule has 0 saturated carbocycles. The first kappa shape index (κ1) is 16.3. The lowest BCUT2D eigenvalue weighted by Crippen LogP contribution is -2.33. The van der Waals surface area contributed by atoms with Crippen LogP contribution in [0, 0.1) is 6.92 Å². The van der Waals surface area contributed by atoms with Crippen molar-refractivity contribution in [1.29, 1.82) is 0 Å². The van der Waals surface area contributed by atoms with Gasteiger partial charge in [0.05, 0.1) is 4.90 Å². The molecule has 0 radical (unpaired) electrons. The molecule has 1 unspecified atom stereocenters. The van der Waals surface area contributed by atoms with Crippen LogP contribution in [0.2, 0.25) is 0 Å². The van der Waals surface area contributed by atoms with Crippen molar-refractivity contribution < 1.29 is 8.42 Å². The minimum Gasteiger partial charge on any atom is -0.399 e. The Morgan fingerprint density at radius 3 is 2.68 bits per heavy atom. The zero-order chi connectivity index (χ0) is 14.5. The minimum absolute atomic E-state index is 0.0685. The van der Waals surface area contributed by atoms with E-state index in [2.05, 4.69) is 11.6 Å². The second kappa shape index (κ2) is 7.17. The van der Waals surface area contributed by atoms with Gasteiger partial charge in [-0.15, -0.1) is 0 Å². The fourth-order valence-electron chi connectivity index (χ4n) is 1.77. The van der Waals surface area contributed by atoms with Gasteiger partial charge in [0, 0.05) is 11.7 Å². The summed E-state index contributed by atoms with van der Waals surface area (Å²) in [5.74, 6) is 2.01. The molecular weight excluding hydrogens is 280 g/mol. The van der Waals surface area contributed by atoms with Gasteiger partial charge in [-0.2, -0.15) is 11.8 Å². The molecule has 0 bridgehead atoms. The average molecular weight is 302 g/mol. The second-order valence-corrected chi connectivity index (χ2v) is 7.61. The van der Waals surface area contributed by atoms with Gasteiger partial charge in [0.2, 0.25) is 10.0 Å². The fourth-order valence-corrected chi connectivity index (χ4v) is 4.08. The third-order valence-corrected chi connectivity index (χ3v) is 5.43. The molecule has 0 heterocycles. The lowest BCUT2D eigenvalue weighted by Gasteiger charge is -2.15. The summed E-state index contributed by atoms with van der Waals surface area (Å²) in [6, 6.07) is 4.77. The molecule has 0 aliphatic carbocycles. The van der Waals surface area contributed by atoms with E-state index in [-0.39, 0.29) is 6.04 Å². The summed E-state index contributed by atoms with van der Waals surface area (Å²) >= 11 is 1.81. The minimum atomic E-state index is -3.46. The fraction of sp³-hybridized carbons (Fsp3) is 0.538. The molecule has 1 rings (SSSR count). The molecule has 1 aromatic rings. The van der Waals surface area contributed by atoms with Gasteiger partial charge >= 0.3 is 0 Å². The van der Waals surface area contributed by atoms with E-state index in [0.29, 0.717) is 16.1 Å². The molecule has 0 fully saturated rings. The van der Waals surface area contributed by atoms with Crippen LogP contribution in [0.25, 0.3) is 0 Å². The van der Waals surface area contributed by atoms with Gasteiger partial charge in [-0.05, 0) is 55.5 Å². The van der Waals surface area contributed by atoms with E-state index in [4.69, 9.17) is 5.73 Å². The van der Waals surface area contributed by atoms with Crippen molar-refractivity contribution in [2.75, 3.05) is 17.2 Å². The Kier molecular flexibility index (Phi) is 6.16. The van der Waals surface area contributed by atoms with Crippen molar-refractivity contribution in [1.82, 2.24) is 4.72 Å². The van der Waals surface area contributed by atoms with Gasteiger partial charge in [-0.3, -0.25) is 0 Å². The molecule has 0 aromatic heterocycles. The standard InChI is InChI=1S/C13H22N2O2S2/c1-4-18-8-7-11(3)15-19(16,17)13-6-5-12(14)9-10(13)2/h5-6,9,11,15H,4,7-8,14H2,1-3H3. The van der Waals surface area contributed by atoms with Gasteiger partial charge < -0.3 is 5.73 Å². The van der Waals surface area contributed by atoms with Crippen molar-refractivity contribution in [3.8, 4) is 0 Å². The predicted molar refractivity (Wildman–Crippen MR) is 83.0 cm³/mol. The summed E-state index contributed by atoms with van der Waals surface area (Å²) in [5.41, 5.74) is 6.88. The van der Waals surface area contributed by atoms with Crippen molar-refractivity contribution in [2.24, 2.45) is 0 Å². The number of aryl methyl sites for hydroxylation is 1. The Labute approximate surface area is 120 Å². The van der Waals surface area contributed by atoms with Crippen LogP contribution in [0.3, 0.4) is 0 Å². The van der Waals surface area contributed by atoms with Crippen LogP contribution in [0.15, 0.2) is 23.1 Å². The molecule has 0 amide bonds. The molecular formula is C13H22N2O2S2. The maximum absolute atomic E-state index is 12.2. The number of nitrogen functional groups attached to an aromatic ring is 1. The highest BCUT2D eigenvalue weighted by Crippen LogP contribution is 2.18. The second-order valence-electron chi connectivity index (χ2n) is 4.53. The average Bonchev–Trinajstić information content (AvgIpc) is 2.27. The highest BCUT2D eigenvalue weighted by atomic mass is 32.2. The molecule has 4 nitrogen and oxygen atoms in total. The molecule has 0 saturated heterocycles. The lowest BCUT2D eigenvalue weighted by atomic mass is 10.2. The van der Waals surface area contributed by atoms with E-state index < -0.39 is 10.0 Å². The number of anilines is 1. The lowest BCUT2D eigenvalue weighted by molar-refractivity contribution is 0.556. The van der Waals surface area contributed by atoms with Crippen LogP contribution in [0.5, 0.6) is 0 Å². The summed E-state index contributed by atoms with van der Waals surface area (Å²) in [5, 5.41) is 0. The topological polar surface area (TPSA) is 72.2 Å². The van der Waals surface area contributed by atoms with E-state index in [1.807, 2.05) is 18.7 Å². The number of benzene rings is 1. The molecule has 6 heteroatoms. The number of sulfonamides is 1. The van der Waals surface area contributed by atoms with Gasteiger partial charge in [-0.1, -0.05) is 6.92 Å². The first-order valence-electron chi connectivity index (χ1n) is 6.33. The Morgan fingerprint density at radius 2 is 2.11 bits per heavy atom. The Morgan fingerprint density at radius 1 is 1.42 bits per heavy atom. The largest absolute Gasteiger partial charge is 0.399 e. The highest BCUT2D eigenvalue weighted by Gasteiger charge is 2.19. The SMILES string of the molecule is CCSCCC(C)NS(=O)(=O)c1ccc(N)cc1C. The summed E-state index contributed by atoms with van der Waals surface area (Å²) in [4.78, 5) is 0.302. The van der Waals surface area contributed by atoms with E-state index in [1.54, 1.807) is 25.1 Å². The highest BCUT2D eigenvalue weighted by molar-refractivity contribution is 7.99. The maximum Gasteiger partial charge on any atom is 0.241 e. The normalized spacial score (nSPS) is 13.4. The van der Waals surface area contributed by atoms with Crippen molar-refractivity contribution >= 4 is 27.5 Å². The summed E-state index contributed by atoms with van der Waals surface area (Å²) in [7, 11) is -3.46. The van der Waals surface area contributed by atoms with Gasteiger partial charge in [-0.25, -0.2) is 13.1 Å². The van der Waals surface area contributed by atoms with E-state index in [0.717, 1.165) is 17.9 Å². The van der Waals surface area contributed by atoms with Crippen LogP contribution in [0.1, 0.15) is 25.8 Å². The van der Waals surface area contributed by atoms with Crippen LogP contribution in [0.4, 0.5) is 5.69 Å². The molecule has 3 N–H and O–H groups in total. The van der Waals surface area contributed by atoms with Crippen LogP contribution < -0.4 is 10.5 Å². The van der Waals surface area contributed by atoms with E-state index >= 15 is 0 Å². The Hall–Kier alpha value is -0.720. The van der Waals surface area contributed by atoms with Crippen LogP contribution >= 0.6 is 11.8 Å². The molecule has 0 aliphatic heterocycles. The third-order valence-electron chi connectivity index (χ3n) is 2.74. The third kappa shape index (κ3) is 5.04. The van der Waals surface area contributed by atoms with E-state index in [9.17, 15) is 8.42 Å². The van der Waals surface area contributed by atoms with Gasteiger partial charge in [0.15, 0.2) is 0 Å². The number of hydrogen-bond donors (Lipinski definition) is 2. The number of nitrogens with two attached hydrogens (primary N) is 1. The van der Waals surface area contributed by atoms with Gasteiger partial charge in [0.25, 0.3) is 0 Å². The monoisotopic (exact) mass is 302 g/mol. The molecule has 1 aromatic carbocycles. The predicted octanol–water partition coefficient (Wildman–Crippen LogP) is 2.39. The zero-order valence-electron chi connectivity index (χ0n) is 11.6. The van der Waals surface area contributed by atoms with Gasteiger partial charge in [0.1, 0.15) is 0 Å². The number of nitrogens with one attached hydrogen (secondary N) is 1. The molecule has 0 aliphatic rings. The van der Waals surface area contributed by atoms with Crippen molar-refractivity contribution in [3.63, 3.8) is 0 Å². The smallest absolute Gasteiger partial charge is 0.241 e. The Bertz CT molecular complexity index is 515. The molecule has 0 spiro atoms.